The number of dihydropyridines is 1. The molecule has 33 heavy (non-hydrogen) atoms. The molecule has 1 aliphatic carbocycles. The van der Waals surface area contributed by atoms with Crippen LogP contribution < -0.4 is 10.1 Å². The van der Waals surface area contributed by atoms with Crippen molar-refractivity contribution in [2.45, 2.75) is 31.6 Å². The summed E-state index contributed by atoms with van der Waals surface area (Å²) >= 11 is 0. The fourth-order valence-corrected chi connectivity index (χ4v) is 4.79. The first kappa shape index (κ1) is 22.3. The second kappa shape index (κ2) is 8.90. The van der Waals surface area contributed by atoms with E-state index in [4.69, 9.17) is 9.47 Å². The van der Waals surface area contributed by atoms with Crippen molar-refractivity contribution >= 4 is 17.4 Å². The quantitative estimate of drug-likeness (QED) is 0.416. The molecule has 8 nitrogen and oxygen atoms in total. The number of esters is 1. The lowest BCUT2D eigenvalue weighted by molar-refractivity contribution is -0.384. The Morgan fingerprint density at radius 3 is 2.58 bits per heavy atom. The Balaban J connectivity index is 1.84. The Morgan fingerprint density at radius 2 is 1.88 bits per heavy atom. The molecule has 170 valence electrons. The third-order valence-corrected chi connectivity index (χ3v) is 6.23. The summed E-state index contributed by atoms with van der Waals surface area (Å²) in [7, 11) is 2.87. The number of ether oxygens (including phenoxy) is 2. The molecule has 0 bridgehead atoms. The number of methoxy groups -OCH3 is 2. The van der Waals surface area contributed by atoms with Gasteiger partial charge in [-0.15, -0.1) is 0 Å². The van der Waals surface area contributed by atoms with Gasteiger partial charge in [0.1, 0.15) is 5.75 Å². The average molecular weight is 448 g/mol. The predicted octanol–water partition coefficient (Wildman–Crippen LogP) is 4.14. The summed E-state index contributed by atoms with van der Waals surface area (Å²) in [5, 5.41) is 14.6. The molecule has 0 amide bonds. The van der Waals surface area contributed by atoms with Gasteiger partial charge >= 0.3 is 5.97 Å². The van der Waals surface area contributed by atoms with E-state index in [2.05, 4.69) is 5.32 Å². The van der Waals surface area contributed by atoms with Gasteiger partial charge in [0.05, 0.1) is 24.7 Å². The van der Waals surface area contributed by atoms with Gasteiger partial charge in [0, 0.05) is 47.4 Å². The lowest BCUT2D eigenvalue weighted by Gasteiger charge is -2.36. The van der Waals surface area contributed by atoms with E-state index in [1.165, 1.54) is 19.2 Å². The Kier molecular flexibility index (Phi) is 6.00. The molecule has 2 aliphatic rings. The number of rotatable bonds is 5. The Labute approximate surface area is 191 Å². The van der Waals surface area contributed by atoms with Crippen LogP contribution in [-0.2, 0) is 14.3 Å². The van der Waals surface area contributed by atoms with Gasteiger partial charge in [-0.2, -0.15) is 0 Å². The summed E-state index contributed by atoms with van der Waals surface area (Å²) in [5.41, 5.74) is 3.34. The minimum atomic E-state index is -0.750. The van der Waals surface area contributed by atoms with Crippen LogP contribution >= 0.6 is 0 Å². The molecule has 0 aromatic heterocycles. The van der Waals surface area contributed by atoms with Crippen molar-refractivity contribution in [3.05, 3.63) is 92.3 Å². The number of benzene rings is 2. The monoisotopic (exact) mass is 448 g/mol. The summed E-state index contributed by atoms with van der Waals surface area (Å²) in [6.07, 6.45) is 0.776. The number of allylic oxidation sites excluding steroid dienone is 3. The number of non-ortho nitro benzene ring substituents is 1. The van der Waals surface area contributed by atoms with Crippen molar-refractivity contribution in [2.75, 3.05) is 14.2 Å². The molecule has 1 aliphatic heterocycles. The number of para-hydroxylation sites is 1. The van der Waals surface area contributed by atoms with Crippen LogP contribution in [-0.4, -0.2) is 30.9 Å². The molecule has 2 unspecified atom stereocenters. The standard InChI is InChI=1S/C25H24N2O6/c1-14-22(25(29)33-3)23(15-7-6-8-17(11-15)27(30)31)24-19(26-14)12-16(13-20(24)28)18-9-4-5-10-21(18)32-2/h4-11,16,23,26H,12-13H2,1-3H3. The Bertz CT molecular complexity index is 1210. The lowest BCUT2D eigenvalue weighted by atomic mass is 9.71. The predicted molar refractivity (Wildman–Crippen MR) is 121 cm³/mol. The van der Waals surface area contributed by atoms with E-state index in [1.54, 1.807) is 26.2 Å². The maximum atomic E-state index is 13.5. The lowest BCUT2D eigenvalue weighted by Crippen LogP contribution is -2.36. The number of nitrogens with one attached hydrogen (secondary N) is 1. The molecule has 1 heterocycles. The first-order chi connectivity index (χ1) is 15.8. The van der Waals surface area contributed by atoms with Crippen LogP contribution in [0.2, 0.25) is 0 Å². The molecule has 1 N–H and O–H groups in total. The van der Waals surface area contributed by atoms with Crippen LogP contribution in [0.3, 0.4) is 0 Å². The van der Waals surface area contributed by atoms with Crippen molar-refractivity contribution in [1.29, 1.82) is 0 Å². The Hall–Kier alpha value is -3.94. The maximum absolute atomic E-state index is 13.5. The highest BCUT2D eigenvalue weighted by molar-refractivity contribution is 6.04. The van der Waals surface area contributed by atoms with E-state index < -0.39 is 16.8 Å². The van der Waals surface area contributed by atoms with Gasteiger partial charge in [0.2, 0.25) is 0 Å². The molecule has 0 spiro atoms. The summed E-state index contributed by atoms with van der Waals surface area (Å²) in [6.45, 7) is 1.75. The van der Waals surface area contributed by atoms with Crippen LogP contribution in [0.4, 0.5) is 5.69 Å². The largest absolute Gasteiger partial charge is 0.496 e. The fourth-order valence-electron chi connectivity index (χ4n) is 4.79. The van der Waals surface area contributed by atoms with E-state index in [0.717, 1.165) is 5.56 Å². The number of hydrogen-bond donors (Lipinski definition) is 1. The number of nitro groups is 1. The van der Waals surface area contributed by atoms with Gasteiger partial charge in [0.25, 0.3) is 5.69 Å². The zero-order valence-corrected chi connectivity index (χ0v) is 18.6. The molecule has 0 saturated heterocycles. The minimum absolute atomic E-state index is 0.0989. The normalized spacial score (nSPS) is 20.2. The number of carbonyl (C=O) groups is 2. The number of nitro benzene ring substituents is 1. The molecule has 2 atom stereocenters. The fraction of sp³-hybridized carbons (Fsp3) is 0.280. The van der Waals surface area contributed by atoms with Crippen LogP contribution in [0, 0.1) is 10.1 Å². The third-order valence-electron chi connectivity index (χ3n) is 6.23. The summed E-state index contributed by atoms with van der Waals surface area (Å²) < 4.78 is 10.5. The molecular weight excluding hydrogens is 424 g/mol. The molecule has 0 saturated carbocycles. The highest BCUT2D eigenvalue weighted by atomic mass is 16.6. The average Bonchev–Trinajstić information content (AvgIpc) is 2.82. The summed E-state index contributed by atoms with van der Waals surface area (Å²) in [5.74, 6) is -0.835. The van der Waals surface area contributed by atoms with E-state index in [9.17, 15) is 19.7 Å². The van der Waals surface area contributed by atoms with Crippen molar-refractivity contribution in [3.63, 3.8) is 0 Å². The highest BCUT2D eigenvalue weighted by Crippen LogP contribution is 2.47. The molecule has 2 aromatic rings. The van der Waals surface area contributed by atoms with Gasteiger partial charge in [-0.25, -0.2) is 4.79 Å². The first-order valence-corrected chi connectivity index (χ1v) is 10.5. The third kappa shape index (κ3) is 4.00. The van der Waals surface area contributed by atoms with Gasteiger partial charge < -0.3 is 14.8 Å². The topological polar surface area (TPSA) is 108 Å². The molecule has 8 heteroatoms. The van der Waals surface area contributed by atoms with Gasteiger partial charge in [-0.3, -0.25) is 14.9 Å². The summed E-state index contributed by atoms with van der Waals surface area (Å²) in [4.78, 5) is 37.1. The second-order valence-corrected chi connectivity index (χ2v) is 8.10. The molecular formula is C25H24N2O6. The molecule has 4 rings (SSSR count). The van der Waals surface area contributed by atoms with E-state index in [1.807, 2.05) is 24.3 Å². The van der Waals surface area contributed by atoms with Crippen molar-refractivity contribution in [2.24, 2.45) is 0 Å². The first-order valence-electron chi connectivity index (χ1n) is 10.5. The van der Waals surface area contributed by atoms with E-state index >= 15 is 0 Å². The van der Waals surface area contributed by atoms with Crippen LogP contribution in [0.15, 0.2) is 71.1 Å². The molecule has 0 fully saturated rings. The van der Waals surface area contributed by atoms with Crippen molar-refractivity contribution in [1.82, 2.24) is 5.32 Å². The SMILES string of the molecule is COC(=O)C1=C(C)NC2=C(C(=O)CC(c3ccccc3OC)C2)C1c1cccc([N+](=O)[O-])c1. The zero-order valence-electron chi connectivity index (χ0n) is 18.6. The second-order valence-electron chi connectivity index (χ2n) is 8.10. The Morgan fingerprint density at radius 1 is 1.12 bits per heavy atom. The maximum Gasteiger partial charge on any atom is 0.336 e. The van der Waals surface area contributed by atoms with Crippen LogP contribution in [0.1, 0.15) is 42.7 Å². The molecule has 2 aromatic carbocycles. The minimum Gasteiger partial charge on any atom is -0.496 e. The number of carbonyl (C=O) groups excluding carboxylic acids is 2. The number of hydrogen-bond acceptors (Lipinski definition) is 7. The van der Waals surface area contributed by atoms with Crippen LogP contribution in [0.5, 0.6) is 5.75 Å². The van der Waals surface area contributed by atoms with E-state index in [0.29, 0.717) is 34.7 Å². The smallest absolute Gasteiger partial charge is 0.336 e. The van der Waals surface area contributed by atoms with Gasteiger partial charge in [0.15, 0.2) is 5.78 Å². The number of nitrogens with zero attached hydrogens (tertiary/aromatic N) is 1. The highest BCUT2D eigenvalue weighted by Gasteiger charge is 2.42. The van der Waals surface area contributed by atoms with Gasteiger partial charge in [-0.05, 0) is 30.5 Å². The van der Waals surface area contributed by atoms with Crippen molar-refractivity contribution < 1.29 is 24.0 Å². The van der Waals surface area contributed by atoms with E-state index in [-0.39, 0.29) is 29.4 Å². The van der Waals surface area contributed by atoms with Crippen molar-refractivity contribution in [3.8, 4) is 5.75 Å². The number of ketones is 1. The summed E-state index contributed by atoms with van der Waals surface area (Å²) in [6, 6.07) is 13.7. The zero-order chi connectivity index (χ0) is 23.7. The molecule has 0 radical (unpaired) electrons. The van der Waals surface area contributed by atoms with Crippen LogP contribution in [0.25, 0.3) is 0 Å². The van der Waals surface area contributed by atoms with Gasteiger partial charge in [-0.1, -0.05) is 30.3 Å². The number of Topliss-reactive ketones (excluding diaryl/α,β-unsaturated/α-hetero) is 1.